The van der Waals surface area contributed by atoms with Crippen molar-refractivity contribution in [2.75, 3.05) is 13.2 Å². The molecule has 6 nitrogen and oxygen atoms in total. The minimum absolute atomic E-state index is 0.0105. The molecular weight excluding hydrogens is 212 g/mol. The van der Waals surface area contributed by atoms with E-state index >= 15 is 0 Å². The van der Waals surface area contributed by atoms with Crippen LogP contribution in [-0.4, -0.2) is 46.8 Å². The summed E-state index contributed by atoms with van der Waals surface area (Å²) in [5, 5.41) is 22.6. The second-order valence-corrected chi connectivity index (χ2v) is 4.57. The fraction of sp³-hybridized carbons (Fsp3) is 0.800. The number of amides is 1. The topological polar surface area (TPSA) is 98.7 Å². The van der Waals surface area contributed by atoms with Gasteiger partial charge in [0.25, 0.3) is 0 Å². The van der Waals surface area contributed by atoms with E-state index in [2.05, 4.69) is 10.6 Å². The lowest BCUT2D eigenvalue weighted by Gasteiger charge is -2.21. The summed E-state index contributed by atoms with van der Waals surface area (Å²) in [6, 6.07) is -1.03. The first-order chi connectivity index (χ1) is 7.26. The summed E-state index contributed by atoms with van der Waals surface area (Å²) in [6.07, 6.45) is 0.0105. The van der Waals surface area contributed by atoms with E-state index in [4.69, 9.17) is 10.2 Å². The third kappa shape index (κ3) is 7.19. The molecule has 0 saturated heterocycles. The highest BCUT2D eigenvalue weighted by atomic mass is 16.4. The molecule has 0 aromatic carbocycles. The van der Waals surface area contributed by atoms with Crippen LogP contribution in [0.5, 0.6) is 0 Å². The van der Waals surface area contributed by atoms with E-state index in [1.54, 1.807) is 0 Å². The number of aliphatic carboxylic acids is 1. The second-order valence-electron chi connectivity index (χ2n) is 4.57. The number of aliphatic hydroxyl groups is 1. The van der Waals surface area contributed by atoms with Crippen LogP contribution >= 0.6 is 0 Å². The van der Waals surface area contributed by atoms with Crippen LogP contribution in [0.1, 0.15) is 27.2 Å². The molecule has 94 valence electrons. The summed E-state index contributed by atoms with van der Waals surface area (Å²) in [5.41, 5.74) is -0.201. The number of carbonyl (C=O) groups is 2. The Bertz CT molecular complexity index is 248. The van der Waals surface area contributed by atoms with Crippen molar-refractivity contribution in [2.45, 2.75) is 38.8 Å². The molecular formula is C10H20N2O4. The summed E-state index contributed by atoms with van der Waals surface area (Å²) in [5.74, 6) is -1.53. The number of rotatable bonds is 6. The molecule has 0 rings (SSSR count). The summed E-state index contributed by atoms with van der Waals surface area (Å²) < 4.78 is 0. The van der Waals surface area contributed by atoms with Gasteiger partial charge in [-0.05, 0) is 20.8 Å². The van der Waals surface area contributed by atoms with Gasteiger partial charge < -0.3 is 20.8 Å². The Morgan fingerprint density at radius 3 is 2.25 bits per heavy atom. The van der Waals surface area contributed by atoms with Crippen LogP contribution < -0.4 is 10.6 Å². The molecule has 0 aromatic heterocycles. The number of carbonyl (C=O) groups excluding carboxylic acids is 1. The molecule has 0 saturated carbocycles. The molecule has 0 spiro atoms. The second kappa shape index (κ2) is 6.44. The Balaban J connectivity index is 4.05. The summed E-state index contributed by atoms with van der Waals surface area (Å²) >= 11 is 0. The number of hydrogen-bond donors (Lipinski definition) is 4. The van der Waals surface area contributed by atoms with Crippen molar-refractivity contribution in [1.29, 1.82) is 0 Å². The van der Waals surface area contributed by atoms with Crippen LogP contribution in [0, 0.1) is 0 Å². The van der Waals surface area contributed by atoms with Gasteiger partial charge in [0, 0.05) is 18.6 Å². The van der Waals surface area contributed by atoms with Crippen molar-refractivity contribution in [3.63, 3.8) is 0 Å². The zero-order valence-corrected chi connectivity index (χ0v) is 9.91. The van der Waals surface area contributed by atoms with Crippen molar-refractivity contribution in [2.24, 2.45) is 0 Å². The average molecular weight is 232 g/mol. The Labute approximate surface area is 95.0 Å². The van der Waals surface area contributed by atoms with Crippen LogP contribution in [0.25, 0.3) is 0 Å². The molecule has 0 radical (unpaired) electrons. The summed E-state index contributed by atoms with van der Waals surface area (Å²) in [6.45, 7) is 5.50. The molecule has 0 aromatic rings. The monoisotopic (exact) mass is 232 g/mol. The Kier molecular flexibility index (Phi) is 5.98. The van der Waals surface area contributed by atoms with Crippen LogP contribution in [0.4, 0.5) is 0 Å². The maximum absolute atomic E-state index is 11.4. The van der Waals surface area contributed by atoms with Gasteiger partial charge in [0.2, 0.25) is 5.91 Å². The third-order valence-electron chi connectivity index (χ3n) is 1.83. The standard InChI is InChI=1S/C10H20N2O4/c1-10(2,3)11-6-8(14)12-7(4-5-13)9(15)16/h7,11,13H,4-6H2,1-3H3,(H,12,14)(H,15,16). The van der Waals surface area contributed by atoms with Crippen LogP contribution in [0.3, 0.4) is 0 Å². The summed E-state index contributed by atoms with van der Waals surface area (Å²) in [7, 11) is 0. The van der Waals surface area contributed by atoms with Crippen molar-refractivity contribution in [3.8, 4) is 0 Å². The first kappa shape index (κ1) is 14.9. The number of carboxylic acids is 1. The first-order valence-electron chi connectivity index (χ1n) is 5.14. The van der Waals surface area contributed by atoms with E-state index in [0.29, 0.717) is 0 Å². The van der Waals surface area contributed by atoms with E-state index in [1.165, 1.54) is 0 Å². The van der Waals surface area contributed by atoms with Gasteiger partial charge in [-0.25, -0.2) is 4.79 Å². The Morgan fingerprint density at radius 2 is 1.88 bits per heavy atom. The predicted octanol–water partition coefficient (Wildman–Crippen LogP) is -0.674. The zero-order valence-electron chi connectivity index (χ0n) is 9.91. The van der Waals surface area contributed by atoms with E-state index in [1.807, 2.05) is 20.8 Å². The third-order valence-corrected chi connectivity index (χ3v) is 1.83. The van der Waals surface area contributed by atoms with Crippen LogP contribution in [0.2, 0.25) is 0 Å². The molecule has 6 heteroatoms. The average Bonchev–Trinajstić information content (AvgIpc) is 2.13. The minimum Gasteiger partial charge on any atom is -0.480 e. The fourth-order valence-electron chi connectivity index (χ4n) is 0.977. The number of aliphatic hydroxyl groups excluding tert-OH is 1. The van der Waals surface area contributed by atoms with Gasteiger partial charge in [-0.2, -0.15) is 0 Å². The maximum Gasteiger partial charge on any atom is 0.326 e. The molecule has 16 heavy (non-hydrogen) atoms. The highest BCUT2D eigenvalue weighted by Crippen LogP contribution is 1.97. The fourth-order valence-corrected chi connectivity index (χ4v) is 0.977. The molecule has 1 atom stereocenters. The van der Waals surface area contributed by atoms with Crippen molar-refractivity contribution in [3.05, 3.63) is 0 Å². The van der Waals surface area contributed by atoms with Crippen LogP contribution in [0.15, 0.2) is 0 Å². The molecule has 0 aliphatic carbocycles. The molecule has 0 heterocycles. The van der Waals surface area contributed by atoms with E-state index in [0.717, 1.165) is 0 Å². The highest BCUT2D eigenvalue weighted by Gasteiger charge is 2.19. The van der Waals surface area contributed by atoms with Gasteiger partial charge in [-0.15, -0.1) is 0 Å². The summed E-state index contributed by atoms with van der Waals surface area (Å²) in [4.78, 5) is 22.0. The van der Waals surface area contributed by atoms with E-state index in [9.17, 15) is 9.59 Å². The molecule has 0 aliphatic heterocycles. The van der Waals surface area contributed by atoms with Crippen molar-refractivity contribution >= 4 is 11.9 Å². The van der Waals surface area contributed by atoms with Crippen molar-refractivity contribution in [1.82, 2.24) is 10.6 Å². The lowest BCUT2D eigenvalue weighted by molar-refractivity contribution is -0.142. The molecule has 0 aliphatic rings. The largest absolute Gasteiger partial charge is 0.480 e. The number of nitrogens with one attached hydrogen (secondary N) is 2. The van der Waals surface area contributed by atoms with Gasteiger partial charge in [-0.3, -0.25) is 4.79 Å². The molecule has 1 unspecified atom stereocenters. The maximum atomic E-state index is 11.4. The number of hydrogen-bond acceptors (Lipinski definition) is 4. The Morgan fingerprint density at radius 1 is 1.31 bits per heavy atom. The zero-order chi connectivity index (χ0) is 12.8. The van der Waals surface area contributed by atoms with Gasteiger partial charge in [0.1, 0.15) is 6.04 Å². The smallest absolute Gasteiger partial charge is 0.326 e. The van der Waals surface area contributed by atoms with E-state index < -0.39 is 17.9 Å². The van der Waals surface area contributed by atoms with Gasteiger partial charge in [0.15, 0.2) is 0 Å². The molecule has 4 N–H and O–H groups in total. The Hall–Kier alpha value is -1.14. The van der Waals surface area contributed by atoms with Crippen LogP contribution in [-0.2, 0) is 9.59 Å². The molecule has 0 fully saturated rings. The predicted molar refractivity (Wildman–Crippen MR) is 59.0 cm³/mol. The highest BCUT2D eigenvalue weighted by molar-refractivity contribution is 5.84. The molecule has 0 bridgehead atoms. The quantitative estimate of drug-likeness (QED) is 0.486. The van der Waals surface area contributed by atoms with Gasteiger partial charge >= 0.3 is 5.97 Å². The van der Waals surface area contributed by atoms with Gasteiger partial charge in [0.05, 0.1) is 6.54 Å². The SMILES string of the molecule is CC(C)(C)NCC(=O)NC(CCO)C(=O)O. The lowest BCUT2D eigenvalue weighted by Crippen LogP contribution is -2.48. The van der Waals surface area contributed by atoms with Gasteiger partial charge in [-0.1, -0.05) is 0 Å². The lowest BCUT2D eigenvalue weighted by atomic mass is 10.1. The first-order valence-corrected chi connectivity index (χ1v) is 5.14. The number of carboxylic acid groups (broad SMARTS) is 1. The normalized spacial score (nSPS) is 13.2. The minimum atomic E-state index is -1.14. The van der Waals surface area contributed by atoms with E-state index in [-0.39, 0.29) is 25.1 Å². The molecule has 1 amide bonds. The van der Waals surface area contributed by atoms with Crippen molar-refractivity contribution < 1.29 is 19.8 Å².